The molecule has 1 aromatic heterocycles. The average Bonchev–Trinajstić information content (AvgIpc) is 3.06. The van der Waals surface area contributed by atoms with E-state index in [4.69, 9.17) is 0 Å². The monoisotopic (exact) mass is 366 g/mol. The van der Waals surface area contributed by atoms with Crippen molar-refractivity contribution in [1.82, 2.24) is 4.98 Å². The molecule has 1 heterocycles. The molecule has 3 aromatic rings. The third-order valence-corrected chi connectivity index (χ3v) is 5.16. The number of carboxylic acids is 1. The van der Waals surface area contributed by atoms with Crippen LogP contribution in [0.3, 0.4) is 0 Å². The summed E-state index contributed by atoms with van der Waals surface area (Å²) in [6.45, 7) is 3.18. The Morgan fingerprint density at radius 3 is 2.31 bits per heavy atom. The lowest BCUT2D eigenvalue weighted by Crippen LogP contribution is -2.06. The molecule has 1 atom stereocenters. The molecule has 0 saturated carbocycles. The maximum absolute atomic E-state index is 11.5. The number of hydrogen-bond donors (Lipinski definition) is 2. The van der Waals surface area contributed by atoms with Gasteiger partial charge in [0, 0.05) is 21.7 Å². The fourth-order valence-electron chi connectivity index (χ4n) is 2.51. The van der Waals surface area contributed by atoms with Crippen LogP contribution in [0.5, 0.6) is 0 Å². The van der Waals surface area contributed by atoms with Gasteiger partial charge in [0.1, 0.15) is 0 Å². The standard InChI is InChI=1S/C20H18N2O3S/c1-12(19(24)25)18-17(15-6-4-3-5-7-15)22-20(26-18)21-16-10-8-14(9-11-16)13(2)23/h3-12H,1-2H3,(H,21,22)(H,24,25). The molecule has 2 N–H and O–H groups in total. The predicted octanol–water partition coefficient (Wildman–Crippen LogP) is 4.94. The van der Waals surface area contributed by atoms with E-state index in [0.29, 0.717) is 21.3 Å². The van der Waals surface area contributed by atoms with Gasteiger partial charge >= 0.3 is 5.97 Å². The van der Waals surface area contributed by atoms with E-state index in [-0.39, 0.29) is 5.78 Å². The summed E-state index contributed by atoms with van der Waals surface area (Å²) in [5.74, 6) is -1.53. The quantitative estimate of drug-likeness (QED) is 0.604. The molecule has 0 aliphatic rings. The van der Waals surface area contributed by atoms with Crippen molar-refractivity contribution in [2.24, 2.45) is 0 Å². The van der Waals surface area contributed by atoms with Crippen molar-refractivity contribution in [3.05, 3.63) is 65.0 Å². The predicted molar refractivity (Wildman–Crippen MR) is 103 cm³/mol. The van der Waals surface area contributed by atoms with Crippen molar-refractivity contribution < 1.29 is 14.7 Å². The van der Waals surface area contributed by atoms with Gasteiger partial charge in [0.2, 0.25) is 0 Å². The molecule has 0 saturated heterocycles. The summed E-state index contributed by atoms with van der Waals surface area (Å²) >= 11 is 1.33. The number of ketones is 1. The molecule has 132 valence electrons. The lowest BCUT2D eigenvalue weighted by molar-refractivity contribution is -0.138. The summed E-state index contributed by atoms with van der Waals surface area (Å²) in [7, 11) is 0. The molecular weight excluding hydrogens is 348 g/mol. The lowest BCUT2D eigenvalue weighted by atomic mass is 10.0. The molecule has 0 aliphatic carbocycles. The summed E-state index contributed by atoms with van der Waals surface area (Å²) in [6.07, 6.45) is 0. The summed E-state index contributed by atoms with van der Waals surface area (Å²) in [5.41, 5.74) is 2.98. The Hall–Kier alpha value is -2.99. The van der Waals surface area contributed by atoms with Crippen LogP contribution in [0.1, 0.15) is 35.0 Å². The first-order valence-electron chi connectivity index (χ1n) is 8.12. The van der Waals surface area contributed by atoms with Crippen molar-refractivity contribution in [2.45, 2.75) is 19.8 Å². The van der Waals surface area contributed by atoms with Gasteiger partial charge in [-0.25, -0.2) is 4.98 Å². The molecule has 6 heteroatoms. The zero-order chi connectivity index (χ0) is 18.7. The van der Waals surface area contributed by atoms with Gasteiger partial charge < -0.3 is 10.4 Å². The van der Waals surface area contributed by atoms with Crippen LogP contribution in [0.15, 0.2) is 54.6 Å². The van der Waals surface area contributed by atoms with E-state index in [9.17, 15) is 14.7 Å². The number of carbonyl (C=O) groups is 2. The zero-order valence-electron chi connectivity index (χ0n) is 14.4. The highest BCUT2D eigenvalue weighted by Crippen LogP contribution is 2.37. The highest BCUT2D eigenvalue weighted by Gasteiger charge is 2.23. The van der Waals surface area contributed by atoms with Crippen molar-refractivity contribution in [3.8, 4) is 11.3 Å². The summed E-state index contributed by atoms with van der Waals surface area (Å²) in [5, 5.41) is 13.2. The smallest absolute Gasteiger partial charge is 0.311 e. The number of nitrogens with one attached hydrogen (secondary N) is 1. The van der Waals surface area contributed by atoms with Crippen LogP contribution in [0, 0.1) is 0 Å². The first-order valence-corrected chi connectivity index (χ1v) is 8.94. The maximum atomic E-state index is 11.5. The number of rotatable bonds is 6. The molecule has 5 nitrogen and oxygen atoms in total. The Morgan fingerprint density at radius 1 is 1.08 bits per heavy atom. The van der Waals surface area contributed by atoms with Crippen LogP contribution in [-0.2, 0) is 4.79 Å². The minimum absolute atomic E-state index is 0.00901. The van der Waals surface area contributed by atoms with E-state index in [1.54, 1.807) is 31.2 Å². The topological polar surface area (TPSA) is 79.3 Å². The number of nitrogens with zero attached hydrogens (tertiary/aromatic N) is 1. The maximum Gasteiger partial charge on any atom is 0.311 e. The van der Waals surface area contributed by atoms with E-state index in [2.05, 4.69) is 10.3 Å². The Balaban J connectivity index is 1.95. The van der Waals surface area contributed by atoms with Gasteiger partial charge in [0.15, 0.2) is 10.9 Å². The van der Waals surface area contributed by atoms with Crippen molar-refractivity contribution >= 4 is 33.9 Å². The van der Waals surface area contributed by atoms with Crippen molar-refractivity contribution in [3.63, 3.8) is 0 Å². The highest BCUT2D eigenvalue weighted by atomic mass is 32.1. The van der Waals surface area contributed by atoms with Crippen LogP contribution in [-0.4, -0.2) is 21.8 Å². The van der Waals surface area contributed by atoms with Crippen LogP contribution >= 0.6 is 11.3 Å². The van der Waals surface area contributed by atoms with Gasteiger partial charge in [-0.2, -0.15) is 0 Å². The molecule has 26 heavy (non-hydrogen) atoms. The first-order chi connectivity index (χ1) is 12.5. The Morgan fingerprint density at radius 2 is 1.73 bits per heavy atom. The van der Waals surface area contributed by atoms with Crippen LogP contribution in [0.4, 0.5) is 10.8 Å². The van der Waals surface area contributed by atoms with Gasteiger partial charge in [0.05, 0.1) is 11.6 Å². The Kier molecular flexibility index (Phi) is 5.14. The molecule has 2 aromatic carbocycles. The number of thiazole rings is 1. The third kappa shape index (κ3) is 3.81. The van der Waals surface area contributed by atoms with Crippen molar-refractivity contribution in [1.29, 1.82) is 0 Å². The van der Waals surface area contributed by atoms with Crippen LogP contribution in [0.2, 0.25) is 0 Å². The summed E-state index contributed by atoms with van der Waals surface area (Å²) in [6, 6.07) is 16.6. The van der Waals surface area contributed by atoms with Crippen molar-refractivity contribution in [2.75, 3.05) is 5.32 Å². The van der Waals surface area contributed by atoms with Gasteiger partial charge in [-0.05, 0) is 38.1 Å². The largest absolute Gasteiger partial charge is 0.481 e. The molecule has 0 aliphatic heterocycles. The SMILES string of the molecule is CC(=O)c1ccc(Nc2nc(-c3ccccc3)c(C(C)C(=O)O)s2)cc1. The van der Waals surface area contributed by atoms with E-state index < -0.39 is 11.9 Å². The van der Waals surface area contributed by atoms with Gasteiger partial charge in [-0.1, -0.05) is 30.3 Å². The second kappa shape index (κ2) is 7.49. The number of carboxylic acid groups (broad SMARTS) is 1. The van der Waals surface area contributed by atoms with E-state index in [1.807, 2.05) is 30.3 Å². The molecule has 1 unspecified atom stereocenters. The normalized spacial score (nSPS) is 11.8. The zero-order valence-corrected chi connectivity index (χ0v) is 15.2. The van der Waals surface area contributed by atoms with Crippen LogP contribution < -0.4 is 5.32 Å². The molecule has 0 fully saturated rings. The number of hydrogen-bond acceptors (Lipinski definition) is 5. The third-order valence-electron chi connectivity index (χ3n) is 4.01. The molecule has 0 bridgehead atoms. The number of benzene rings is 2. The molecule has 0 radical (unpaired) electrons. The fourth-order valence-corrected chi connectivity index (χ4v) is 3.56. The minimum atomic E-state index is -0.886. The van der Waals surface area contributed by atoms with Gasteiger partial charge in [0.25, 0.3) is 0 Å². The molecule has 0 amide bonds. The van der Waals surface area contributed by atoms with Crippen LogP contribution in [0.25, 0.3) is 11.3 Å². The first kappa shape index (κ1) is 17.8. The lowest BCUT2D eigenvalue weighted by Gasteiger charge is -2.05. The second-order valence-corrected chi connectivity index (χ2v) is 6.95. The van der Waals surface area contributed by atoms with E-state index >= 15 is 0 Å². The molecular formula is C20H18N2O3S. The fraction of sp³-hybridized carbons (Fsp3) is 0.150. The molecule has 0 spiro atoms. The minimum Gasteiger partial charge on any atom is -0.481 e. The number of aromatic nitrogens is 1. The Labute approximate surface area is 155 Å². The number of aliphatic carboxylic acids is 1. The number of anilines is 2. The highest BCUT2D eigenvalue weighted by molar-refractivity contribution is 7.16. The van der Waals surface area contributed by atoms with Gasteiger partial charge in [-0.15, -0.1) is 11.3 Å². The Bertz CT molecular complexity index is 933. The second-order valence-electron chi connectivity index (χ2n) is 5.92. The van der Waals surface area contributed by atoms with E-state index in [0.717, 1.165) is 11.3 Å². The van der Waals surface area contributed by atoms with Gasteiger partial charge in [-0.3, -0.25) is 9.59 Å². The number of carbonyl (C=O) groups excluding carboxylic acids is 1. The van der Waals surface area contributed by atoms with E-state index in [1.165, 1.54) is 18.3 Å². The number of Topliss-reactive ketones (excluding diaryl/α,β-unsaturated/α-hetero) is 1. The summed E-state index contributed by atoms with van der Waals surface area (Å²) in [4.78, 5) is 28.2. The average molecular weight is 366 g/mol. The summed E-state index contributed by atoms with van der Waals surface area (Å²) < 4.78 is 0. The molecule has 3 rings (SSSR count).